The third-order valence-electron chi connectivity index (χ3n) is 3.18. The number of hydrazone groups is 1. The van der Waals surface area contributed by atoms with Gasteiger partial charge in [-0.1, -0.05) is 30.3 Å². The maximum absolute atomic E-state index is 12.6. The molecule has 0 bridgehead atoms. The van der Waals surface area contributed by atoms with E-state index in [2.05, 4.69) is 10.5 Å². The molecule has 1 amide bonds. The summed E-state index contributed by atoms with van der Waals surface area (Å²) in [5.74, 6) is -1.63. The molecule has 0 aliphatic heterocycles. The SMILES string of the molecule is O=C(Cc1cccc(C(F)(F)F)c1)N/N=C\c1ccc(C(=O)O)cc1. The molecule has 130 valence electrons. The zero-order chi connectivity index (χ0) is 18.4. The Morgan fingerprint density at radius 1 is 1.12 bits per heavy atom. The van der Waals surface area contributed by atoms with E-state index in [-0.39, 0.29) is 17.5 Å². The molecule has 2 rings (SSSR count). The average Bonchev–Trinajstić information content (AvgIpc) is 2.55. The minimum atomic E-state index is -4.47. The van der Waals surface area contributed by atoms with E-state index in [1.54, 1.807) is 0 Å². The number of nitrogens with one attached hydrogen (secondary N) is 1. The molecule has 2 aromatic rings. The number of alkyl halides is 3. The number of carboxylic acid groups (broad SMARTS) is 1. The fraction of sp³-hybridized carbons (Fsp3) is 0.118. The van der Waals surface area contributed by atoms with Gasteiger partial charge < -0.3 is 5.11 Å². The summed E-state index contributed by atoms with van der Waals surface area (Å²) in [5, 5.41) is 12.5. The van der Waals surface area contributed by atoms with Crippen molar-refractivity contribution in [3.63, 3.8) is 0 Å². The monoisotopic (exact) mass is 350 g/mol. The lowest BCUT2D eigenvalue weighted by atomic mass is 10.1. The number of carbonyl (C=O) groups is 2. The van der Waals surface area contributed by atoms with Crippen molar-refractivity contribution in [3.05, 3.63) is 70.8 Å². The van der Waals surface area contributed by atoms with E-state index in [1.807, 2.05) is 0 Å². The van der Waals surface area contributed by atoms with Crippen molar-refractivity contribution in [1.82, 2.24) is 5.43 Å². The molecule has 0 aliphatic rings. The van der Waals surface area contributed by atoms with Crippen LogP contribution < -0.4 is 5.43 Å². The van der Waals surface area contributed by atoms with Gasteiger partial charge in [-0.15, -0.1) is 0 Å². The normalized spacial score (nSPS) is 11.5. The highest BCUT2D eigenvalue weighted by Gasteiger charge is 2.30. The first-order valence-corrected chi connectivity index (χ1v) is 7.07. The Kier molecular flexibility index (Phi) is 5.53. The molecule has 0 saturated carbocycles. The second-order valence-corrected chi connectivity index (χ2v) is 5.10. The molecule has 0 aromatic heterocycles. The maximum Gasteiger partial charge on any atom is 0.416 e. The van der Waals surface area contributed by atoms with Crippen molar-refractivity contribution < 1.29 is 27.9 Å². The highest BCUT2D eigenvalue weighted by molar-refractivity contribution is 5.89. The molecule has 2 aromatic carbocycles. The summed E-state index contributed by atoms with van der Waals surface area (Å²) in [4.78, 5) is 22.4. The highest BCUT2D eigenvalue weighted by atomic mass is 19.4. The zero-order valence-electron chi connectivity index (χ0n) is 12.7. The summed E-state index contributed by atoms with van der Waals surface area (Å²) in [6.45, 7) is 0. The number of aromatic carboxylic acids is 1. The van der Waals surface area contributed by atoms with Crippen LogP contribution in [0.4, 0.5) is 13.2 Å². The Morgan fingerprint density at radius 2 is 1.80 bits per heavy atom. The largest absolute Gasteiger partial charge is 0.478 e. The molecule has 2 N–H and O–H groups in total. The molecule has 25 heavy (non-hydrogen) atoms. The van der Waals surface area contributed by atoms with Crippen LogP contribution in [0, 0.1) is 0 Å². The predicted molar refractivity (Wildman–Crippen MR) is 84.3 cm³/mol. The second-order valence-electron chi connectivity index (χ2n) is 5.10. The van der Waals surface area contributed by atoms with Gasteiger partial charge in [-0.3, -0.25) is 4.79 Å². The molecule has 0 spiro atoms. The van der Waals surface area contributed by atoms with Gasteiger partial charge in [0.1, 0.15) is 0 Å². The Balaban J connectivity index is 1.93. The first-order chi connectivity index (χ1) is 11.8. The molecular formula is C17H13F3N2O3. The van der Waals surface area contributed by atoms with Gasteiger partial charge in [0.05, 0.1) is 23.8 Å². The summed E-state index contributed by atoms with van der Waals surface area (Å²) in [6.07, 6.45) is -3.42. The summed E-state index contributed by atoms with van der Waals surface area (Å²) < 4.78 is 37.8. The number of hydrogen-bond acceptors (Lipinski definition) is 3. The van der Waals surface area contributed by atoms with Crippen molar-refractivity contribution in [2.75, 3.05) is 0 Å². The van der Waals surface area contributed by atoms with Crippen LogP contribution in [-0.2, 0) is 17.4 Å². The van der Waals surface area contributed by atoms with Crippen molar-refractivity contribution >= 4 is 18.1 Å². The van der Waals surface area contributed by atoms with Gasteiger partial charge in [0.15, 0.2) is 0 Å². The van der Waals surface area contributed by atoms with Crippen molar-refractivity contribution in [3.8, 4) is 0 Å². The topological polar surface area (TPSA) is 78.8 Å². The van der Waals surface area contributed by atoms with Gasteiger partial charge in [-0.05, 0) is 29.3 Å². The lowest BCUT2D eigenvalue weighted by Crippen LogP contribution is -2.20. The Labute approximate surface area is 140 Å². The van der Waals surface area contributed by atoms with E-state index in [4.69, 9.17) is 5.11 Å². The van der Waals surface area contributed by atoms with Gasteiger partial charge >= 0.3 is 12.1 Å². The Hall–Kier alpha value is -3.16. The standard InChI is InChI=1S/C17H13F3N2O3/c18-17(19,20)14-3-1-2-12(8-14)9-15(23)22-21-10-11-4-6-13(7-5-11)16(24)25/h1-8,10H,9H2,(H,22,23)(H,24,25)/b21-10-. The second kappa shape index (κ2) is 7.61. The fourth-order valence-corrected chi connectivity index (χ4v) is 1.97. The van der Waals surface area contributed by atoms with Crippen molar-refractivity contribution in [2.24, 2.45) is 5.10 Å². The summed E-state index contributed by atoms with van der Waals surface area (Å²) in [6, 6.07) is 10.3. The van der Waals surface area contributed by atoms with Crippen LogP contribution in [0.2, 0.25) is 0 Å². The Bertz CT molecular complexity index is 800. The summed E-state index contributed by atoms with van der Waals surface area (Å²) >= 11 is 0. The molecule has 8 heteroatoms. The first-order valence-electron chi connectivity index (χ1n) is 7.07. The number of hydrogen-bond donors (Lipinski definition) is 2. The van der Waals surface area contributed by atoms with Crippen LogP contribution in [0.25, 0.3) is 0 Å². The fourth-order valence-electron chi connectivity index (χ4n) is 1.97. The van der Waals surface area contributed by atoms with Crippen LogP contribution in [0.3, 0.4) is 0 Å². The number of halogens is 3. The molecule has 0 fully saturated rings. The maximum atomic E-state index is 12.6. The van der Waals surface area contributed by atoms with E-state index in [9.17, 15) is 22.8 Å². The van der Waals surface area contributed by atoms with Gasteiger partial charge in [0, 0.05) is 0 Å². The number of benzene rings is 2. The molecule has 0 heterocycles. The molecule has 0 unspecified atom stereocenters. The Morgan fingerprint density at radius 3 is 2.40 bits per heavy atom. The van der Waals surface area contributed by atoms with Crippen molar-refractivity contribution in [1.29, 1.82) is 0 Å². The van der Waals surface area contributed by atoms with Crippen LogP contribution in [-0.4, -0.2) is 23.2 Å². The minimum Gasteiger partial charge on any atom is -0.478 e. The quantitative estimate of drug-likeness (QED) is 0.642. The van der Waals surface area contributed by atoms with E-state index < -0.39 is 23.6 Å². The van der Waals surface area contributed by atoms with Gasteiger partial charge in [0.25, 0.3) is 0 Å². The molecular weight excluding hydrogens is 337 g/mol. The molecule has 5 nitrogen and oxygen atoms in total. The minimum absolute atomic E-state index is 0.116. The third-order valence-corrected chi connectivity index (χ3v) is 3.18. The highest BCUT2D eigenvalue weighted by Crippen LogP contribution is 2.29. The lowest BCUT2D eigenvalue weighted by molar-refractivity contribution is -0.137. The smallest absolute Gasteiger partial charge is 0.416 e. The summed E-state index contributed by atoms with van der Waals surface area (Å²) in [5.41, 5.74) is 2.28. The van der Waals surface area contributed by atoms with Crippen LogP contribution in [0.5, 0.6) is 0 Å². The molecule has 0 atom stereocenters. The van der Waals surface area contributed by atoms with E-state index in [0.717, 1.165) is 12.1 Å². The van der Waals surface area contributed by atoms with Crippen LogP contribution in [0.1, 0.15) is 27.0 Å². The van der Waals surface area contributed by atoms with E-state index in [1.165, 1.54) is 42.6 Å². The molecule has 0 radical (unpaired) electrons. The average molecular weight is 350 g/mol. The third kappa shape index (κ3) is 5.45. The predicted octanol–water partition coefficient (Wildman–Crippen LogP) is 3.10. The van der Waals surface area contributed by atoms with Gasteiger partial charge in [0.2, 0.25) is 5.91 Å². The van der Waals surface area contributed by atoms with Gasteiger partial charge in [-0.2, -0.15) is 18.3 Å². The van der Waals surface area contributed by atoms with Crippen LogP contribution >= 0.6 is 0 Å². The van der Waals surface area contributed by atoms with Crippen molar-refractivity contribution in [2.45, 2.75) is 12.6 Å². The van der Waals surface area contributed by atoms with E-state index >= 15 is 0 Å². The lowest BCUT2D eigenvalue weighted by Gasteiger charge is -2.08. The van der Waals surface area contributed by atoms with Gasteiger partial charge in [-0.25, -0.2) is 10.2 Å². The van der Waals surface area contributed by atoms with E-state index in [0.29, 0.717) is 5.56 Å². The molecule has 0 saturated heterocycles. The zero-order valence-corrected chi connectivity index (χ0v) is 12.7. The number of carbonyl (C=O) groups excluding carboxylic acids is 1. The number of rotatable bonds is 5. The van der Waals surface area contributed by atoms with Crippen LogP contribution in [0.15, 0.2) is 53.6 Å². The molecule has 0 aliphatic carbocycles. The first kappa shape index (κ1) is 18.2. The number of carboxylic acids is 1. The number of amides is 1. The number of nitrogens with zero attached hydrogens (tertiary/aromatic N) is 1. The summed E-state index contributed by atoms with van der Waals surface area (Å²) in [7, 11) is 0.